The van der Waals surface area contributed by atoms with Crippen molar-refractivity contribution in [1.29, 1.82) is 0 Å². The lowest BCUT2D eigenvalue weighted by Gasteiger charge is -2.06. The Morgan fingerprint density at radius 1 is 1.24 bits per heavy atom. The van der Waals surface area contributed by atoms with Gasteiger partial charge in [0.1, 0.15) is 5.75 Å². The number of aryl methyl sites for hydroxylation is 1. The number of carbonyl (C=O) groups is 2. The number of amides is 1. The predicted molar refractivity (Wildman–Crippen MR) is 111 cm³/mol. The van der Waals surface area contributed by atoms with E-state index < -0.39 is 12.6 Å². The number of nitrogens with one attached hydrogen (secondary N) is 1. The van der Waals surface area contributed by atoms with Crippen molar-refractivity contribution >= 4 is 40.9 Å². The van der Waals surface area contributed by atoms with E-state index >= 15 is 0 Å². The van der Waals surface area contributed by atoms with E-state index in [0.717, 1.165) is 22.7 Å². The summed E-state index contributed by atoms with van der Waals surface area (Å²) in [6, 6.07) is 14.7. The number of carboxylic acids is 1. The third-order valence-corrected chi connectivity index (χ3v) is 4.91. The second kappa shape index (κ2) is 9.74. The van der Waals surface area contributed by atoms with Gasteiger partial charge in [-0.1, -0.05) is 36.0 Å². The summed E-state index contributed by atoms with van der Waals surface area (Å²) in [6.45, 7) is 2.34. The van der Waals surface area contributed by atoms with Crippen LogP contribution in [0.3, 0.4) is 0 Å². The molecule has 0 atom stereocenters. The summed E-state index contributed by atoms with van der Waals surface area (Å²) < 4.78 is 7.26. The number of nitrogens with zero attached hydrogens (tertiary/aromatic N) is 3. The van der Waals surface area contributed by atoms with Gasteiger partial charge in [-0.25, -0.2) is 15.2 Å². The molecule has 3 aromatic rings. The van der Waals surface area contributed by atoms with E-state index in [4.69, 9.17) is 9.84 Å². The molecule has 0 saturated carbocycles. The first-order chi connectivity index (χ1) is 14.1. The zero-order chi connectivity index (χ0) is 20.6. The fraction of sp³-hybridized carbons (Fsp3) is 0.200. The van der Waals surface area contributed by atoms with Crippen LogP contribution in [0.1, 0.15) is 12.5 Å². The van der Waals surface area contributed by atoms with E-state index in [-0.39, 0.29) is 11.7 Å². The molecule has 3 rings (SSSR count). The van der Waals surface area contributed by atoms with Crippen LogP contribution in [0, 0.1) is 0 Å². The van der Waals surface area contributed by atoms with Crippen LogP contribution >= 0.6 is 11.8 Å². The van der Waals surface area contributed by atoms with Gasteiger partial charge in [0.05, 0.1) is 23.0 Å². The van der Waals surface area contributed by atoms with Crippen LogP contribution in [0.25, 0.3) is 11.0 Å². The zero-order valence-electron chi connectivity index (χ0n) is 15.7. The number of carbonyl (C=O) groups excluding carboxylic acids is 1. The van der Waals surface area contributed by atoms with Crippen molar-refractivity contribution < 1.29 is 19.4 Å². The maximum Gasteiger partial charge on any atom is 0.341 e. The molecule has 1 amide bonds. The SMILES string of the molecule is CCn1c(SCC(=O)NN=Cc2ccccc2OCC(=O)O)nc2ccccc21. The number of rotatable bonds is 9. The molecule has 2 N–H and O–H groups in total. The Morgan fingerprint density at radius 2 is 2.00 bits per heavy atom. The van der Waals surface area contributed by atoms with Gasteiger partial charge in [-0.2, -0.15) is 5.10 Å². The smallest absolute Gasteiger partial charge is 0.341 e. The molecule has 0 unspecified atom stereocenters. The highest BCUT2D eigenvalue weighted by Crippen LogP contribution is 2.23. The highest BCUT2D eigenvalue weighted by molar-refractivity contribution is 7.99. The Morgan fingerprint density at radius 3 is 2.79 bits per heavy atom. The molecule has 0 bridgehead atoms. The molecule has 0 aliphatic rings. The Labute approximate surface area is 171 Å². The minimum atomic E-state index is -1.07. The quantitative estimate of drug-likeness (QED) is 0.318. The number of benzene rings is 2. The number of aromatic nitrogens is 2. The van der Waals surface area contributed by atoms with Crippen molar-refractivity contribution in [2.45, 2.75) is 18.6 Å². The van der Waals surface area contributed by atoms with Crippen LogP contribution in [0.5, 0.6) is 5.75 Å². The number of ether oxygens (including phenoxy) is 1. The van der Waals surface area contributed by atoms with Crippen molar-refractivity contribution in [3.8, 4) is 5.75 Å². The lowest BCUT2D eigenvalue weighted by molar-refractivity contribution is -0.139. The van der Waals surface area contributed by atoms with Crippen molar-refractivity contribution in [1.82, 2.24) is 15.0 Å². The Kier molecular flexibility index (Phi) is 6.85. The van der Waals surface area contributed by atoms with Crippen molar-refractivity contribution in [3.63, 3.8) is 0 Å². The number of carboxylic acid groups (broad SMARTS) is 1. The minimum absolute atomic E-state index is 0.165. The molecule has 29 heavy (non-hydrogen) atoms. The van der Waals surface area contributed by atoms with E-state index in [9.17, 15) is 9.59 Å². The van der Waals surface area contributed by atoms with Gasteiger partial charge < -0.3 is 14.4 Å². The van der Waals surface area contributed by atoms with Crippen LogP contribution in [0.4, 0.5) is 0 Å². The lowest BCUT2D eigenvalue weighted by Crippen LogP contribution is -2.20. The average Bonchev–Trinajstić information content (AvgIpc) is 3.09. The van der Waals surface area contributed by atoms with Gasteiger partial charge in [0, 0.05) is 12.1 Å². The first-order valence-electron chi connectivity index (χ1n) is 8.92. The second-order valence-electron chi connectivity index (χ2n) is 5.93. The third kappa shape index (κ3) is 5.35. The van der Waals surface area contributed by atoms with E-state index in [1.165, 1.54) is 18.0 Å². The summed E-state index contributed by atoms with van der Waals surface area (Å²) in [7, 11) is 0. The summed E-state index contributed by atoms with van der Waals surface area (Å²) >= 11 is 1.34. The first kappa shape index (κ1) is 20.4. The second-order valence-corrected chi connectivity index (χ2v) is 6.87. The molecule has 8 nitrogen and oxygen atoms in total. The summed E-state index contributed by atoms with van der Waals surface area (Å²) in [5, 5.41) is 13.4. The topological polar surface area (TPSA) is 106 Å². The molecule has 0 radical (unpaired) electrons. The standard InChI is InChI=1S/C20H20N4O4S/c1-2-24-16-9-5-4-8-15(16)22-20(24)29-13-18(25)23-21-11-14-7-3-6-10-17(14)28-12-19(26)27/h3-11H,2,12-13H2,1H3,(H,23,25)(H,26,27). The highest BCUT2D eigenvalue weighted by Gasteiger charge is 2.11. The number of hydrogen-bond acceptors (Lipinski definition) is 6. The van der Waals surface area contributed by atoms with Gasteiger partial charge in [-0.15, -0.1) is 0 Å². The first-order valence-corrected chi connectivity index (χ1v) is 9.90. The number of fused-ring (bicyclic) bond motifs is 1. The van der Waals surface area contributed by atoms with Crippen molar-refractivity contribution in [2.24, 2.45) is 5.10 Å². The summed E-state index contributed by atoms with van der Waals surface area (Å²) in [5.41, 5.74) is 4.96. The van der Waals surface area contributed by atoms with Crippen LogP contribution in [-0.2, 0) is 16.1 Å². The van der Waals surface area contributed by atoms with Gasteiger partial charge in [0.2, 0.25) is 0 Å². The molecular formula is C20H20N4O4S. The number of para-hydroxylation sites is 3. The largest absolute Gasteiger partial charge is 0.481 e. The molecule has 0 saturated heterocycles. The number of aliphatic carboxylic acids is 1. The fourth-order valence-electron chi connectivity index (χ4n) is 2.66. The lowest BCUT2D eigenvalue weighted by atomic mass is 10.2. The summed E-state index contributed by atoms with van der Waals surface area (Å²) in [5.74, 6) is -0.804. The predicted octanol–water partition coefficient (Wildman–Crippen LogP) is 2.76. The van der Waals surface area contributed by atoms with E-state index in [1.807, 2.05) is 31.2 Å². The molecule has 1 heterocycles. The van der Waals surface area contributed by atoms with E-state index in [0.29, 0.717) is 11.3 Å². The van der Waals surface area contributed by atoms with Gasteiger partial charge >= 0.3 is 5.97 Å². The molecular weight excluding hydrogens is 392 g/mol. The van der Waals surface area contributed by atoms with Crippen molar-refractivity contribution in [3.05, 3.63) is 54.1 Å². The molecule has 0 spiro atoms. The van der Waals surface area contributed by atoms with Crippen LogP contribution < -0.4 is 10.2 Å². The number of imidazole rings is 1. The number of hydrogen-bond donors (Lipinski definition) is 2. The van der Waals surface area contributed by atoms with Crippen molar-refractivity contribution in [2.75, 3.05) is 12.4 Å². The highest BCUT2D eigenvalue weighted by atomic mass is 32.2. The molecule has 2 aromatic carbocycles. The Balaban J connectivity index is 1.58. The maximum atomic E-state index is 12.1. The molecule has 0 aliphatic heterocycles. The summed E-state index contributed by atoms with van der Waals surface area (Å²) in [4.78, 5) is 27.4. The van der Waals surface area contributed by atoms with Gasteiger partial charge in [0.25, 0.3) is 5.91 Å². The van der Waals surface area contributed by atoms with Gasteiger partial charge in [-0.05, 0) is 31.2 Å². The third-order valence-electron chi connectivity index (χ3n) is 3.93. The summed E-state index contributed by atoms with van der Waals surface area (Å²) in [6.07, 6.45) is 1.42. The average molecular weight is 412 g/mol. The normalized spacial score (nSPS) is 11.1. The zero-order valence-corrected chi connectivity index (χ0v) is 16.6. The van der Waals surface area contributed by atoms with E-state index in [1.54, 1.807) is 24.3 Å². The van der Waals surface area contributed by atoms with Gasteiger partial charge in [0.15, 0.2) is 11.8 Å². The van der Waals surface area contributed by atoms with E-state index in [2.05, 4.69) is 20.1 Å². The van der Waals surface area contributed by atoms with Crippen LogP contribution in [-0.4, -0.2) is 45.1 Å². The molecule has 0 aliphatic carbocycles. The molecule has 9 heteroatoms. The Bertz CT molecular complexity index is 1050. The number of hydrazone groups is 1. The fourth-order valence-corrected chi connectivity index (χ4v) is 3.53. The minimum Gasteiger partial charge on any atom is -0.481 e. The monoisotopic (exact) mass is 412 g/mol. The molecule has 1 aromatic heterocycles. The maximum absolute atomic E-state index is 12.1. The van der Waals surface area contributed by atoms with Gasteiger partial charge in [-0.3, -0.25) is 4.79 Å². The molecule has 150 valence electrons. The van der Waals surface area contributed by atoms with Crippen LogP contribution in [0.15, 0.2) is 58.8 Å². The molecule has 0 fully saturated rings. The number of thioether (sulfide) groups is 1. The van der Waals surface area contributed by atoms with Crippen LogP contribution in [0.2, 0.25) is 0 Å². The Hall–Kier alpha value is -3.33.